The van der Waals surface area contributed by atoms with Gasteiger partial charge in [0.15, 0.2) is 0 Å². The first-order valence-corrected chi connectivity index (χ1v) is 6.19. The third-order valence-electron chi connectivity index (χ3n) is 2.94. The standard InChI is InChI=1S/C15H14FNO2/c16-11-6-7-14-15(8-11)19-13(9-17-14)10-18-12-4-2-1-3-5-12/h1-8,13,17H,9-10H2. The molecule has 0 aromatic heterocycles. The van der Waals surface area contributed by atoms with E-state index in [0.717, 1.165) is 11.4 Å². The molecular formula is C15H14FNO2. The van der Waals surface area contributed by atoms with Crippen LogP contribution in [0.1, 0.15) is 0 Å². The maximum atomic E-state index is 13.1. The van der Waals surface area contributed by atoms with Gasteiger partial charge in [-0.1, -0.05) is 18.2 Å². The highest BCUT2D eigenvalue weighted by Gasteiger charge is 2.20. The molecule has 1 heterocycles. The van der Waals surface area contributed by atoms with Gasteiger partial charge in [0.25, 0.3) is 0 Å². The summed E-state index contributed by atoms with van der Waals surface area (Å²) in [7, 11) is 0. The first-order chi connectivity index (χ1) is 9.31. The van der Waals surface area contributed by atoms with E-state index < -0.39 is 0 Å². The van der Waals surface area contributed by atoms with Gasteiger partial charge in [-0.3, -0.25) is 0 Å². The first kappa shape index (κ1) is 11.8. The summed E-state index contributed by atoms with van der Waals surface area (Å²) in [5, 5.41) is 3.20. The molecule has 4 heteroatoms. The Labute approximate surface area is 111 Å². The Morgan fingerprint density at radius 1 is 1.21 bits per heavy atom. The van der Waals surface area contributed by atoms with E-state index in [1.54, 1.807) is 6.07 Å². The van der Waals surface area contributed by atoms with Gasteiger partial charge in [-0.05, 0) is 24.3 Å². The van der Waals surface area contributed by atoms with Crippen LogP contribution in [0, 0.1) is 5.82 Å². The lowest BCUT2D eigenvalue weighted by atomic mass is 10.2. The number of nitrogens with one attached hydrogen (secondary N) is 1. The van der Waals surface area contributed by atoms with Gasteiger partial charge in [-0.25, -0.2) is 4.39 Å². The molecule has 1 aliphatic rings. The Morgan fingerprint density at radius 2 is 2.05 bits per heavy atom. The van der Waals surface area contributed by atoms with E-state index >= 15 is 0 Å². The van der Waals surface area contributed by atoms with Gasteiger partial charge in [0.05, 0.1) is 12.2 Å². The zero-order valence-electron chi connectivity index (χ0n) is 10.3. The minimum absolute atomic E-state index is 0.130. The third-order valence-corrected chi connectivity index (χ3v) is 2.94. The Morgan fingerprint density at radius 3 is 2.89 bits per heavy atom. The zero-order valence-corrected chi connectivity index (χ0v) is 10.3. The van der Waals surface area contributed by atoms with Gasteiger partial charge in [-0.15, -0.1) is 0 Å². The second-order valence-electron chi connectivity index (χ2n) is 4.39. The highest BCUT2D eigenvalue weighted by molar-refractivity contribution is 5.58. The Balaban J connectivity index is 1.62. The van der Waals surface area contributed by atoms with Crippen LogP contribution in [0.2, 0.25) is 0 Å². The molecule has 1 aliphatic heterocycles. The van der Waals surface area contributed by atoms with Crippen LogP contribution in [0.5, 0.6) is 11.5 Å². The molecule has 3 nitrogen and oxygen atoms in total. The highest BCUT2D eigenvalue weighted by atomic mass is 19.1. The van der Waals surface area contributed by atoms with E-state index in [9.17, 15) is 4.39 Å². The van der Waals surface area contributed by atoms with Crippen molar-refractivity contribution < 1.29 is 13.9 Å². The van der Waals surface area contributed by atoms with Crippen molar-refractivity contribution in [3.8, 4) is 11.5 Å². The normalized spacial score (nSPS) is 17.0. The van der Waals surface area contributed by atoms with Crippen molar-refractivity contribution in [2.45, 2.75) is 6.10 Å². The van der Waals surface area contributed by atoms with Gasteiger partial charge >= 0.3 is 0 Å². The lowest BCUT2D eigenvalue weighted by molar-refractivity contribution is 0.132. The number of anilines is 1. The second-order valence-corrected chi connectivity index (χ2v) is 4.39. The fraction of sp³-hybridized carbons (Fsp3) is 0.200. The summed E-state index contributed by atoms with van der Waals surface area (Å²) >= 11 is 0. The lowest BCUT2D eigenvalue weighted by Crippen LogP contribution is -2.35. The summed E-state index contributed by atoms with van der Waals surface area (Å²) in [5.41, 5.74) is 0.817. The van der Waals surface area contributed by atoms with Crippen LogP contribution in [-0.4, -0.2) is 19.3 Å². The average molecular weight is 259 g/mol. The molecule has 0 fully saturated rings. The van der Waals surface area contributed by atoms with Crippen LogP contribution in [0.4, 0.5) is 10.1 Å². The van der Waals surface area contributed by atoms with Crippen molar-refractivity contribution in [1.82, 2.24) is 0 Å². The van der Waals surface area contributed by atoms with Gasteiger partial charge < -0.3 is 14.8 Å². The molecule has 19 heavy (non-hydrogen) atoms. The van der Waals surface area contributed by atoms with E-state index in [2.05, 4.69) is 5.32 Å². The molecule has 0 aliphatic carbocycles. The maximum Gasteiger partial charge on any atom is 0.150 e. The Hall–Kier alpha value is -2.23. The summed E-state index contributed by atoms with van der Waals surface area (Å²) in [5.74, 6) is 1.04. The second kappa shape index (κ2) is 5.18. The SMILES string of the molecule is Fc1ccc2c(c1)OC(COc1ccccc1)CN2. The van der Waals surface area contributed by atoms with Gasteiger partial charge in [0.1, 0.15) is 30.0 Å². The fourth-order valence-electron chi connectivity index (χ4n) is 1.98. The van der Waals surface area contributed by atoms with Crippen molar-refractivity contribution in [3.05, 3.63) is 54.3 Å². The van der Waals surface area contributed by atoms with Crippen LogP contribution >= 0.6 is 0 Å². The molecule has 3 rings (SSSR count). The minimum atomic E-state index is -0.301. The Kier molecular flexibility index (Phi) is 3.23. The van der Waals surface area contributed by atoms with E-state index in [1.807, 2.05) is 30.3 Å². The molecule has 2 aromatic carbocycles. The van der Waals surface area contributed by atoms with Crippen LogP contribution in [0.3, 0.4) is 0 Å². The summed E-state index contributed by atoms with van der Waals surface area (Å²) < 4.78 is 24.5. The lowest BCUT2D eigenvalue weighted by Gasteiger charge is -2.27. The van der Waals surface area contributed by atoms with Crippen molar-refractivity contribution in [1.29, 1.82) is 0 Å². The molecule has 0 amide bonds. The van der Waals surface area contributed by atoms with Crippen LogP contribution in [0.15, 0.2) is 48.5 Å². The number of ether oxygens (including phenoxy) is 2. The van der Waals surface area contributed by atoms with Gasteiger partial charge in [-0.2, -0.15) is 0 Å². The molecule has 98 valence electrons. The van der Waals surface area contributed by atoms with Gasteiger partial charge in [0.2, 0.25) is 0 Å². The molecule has 1 N–H and O–H groups in total. The van der Waals surface area contributed by atoms with Crippen LogP contribution < -0.4 is 14.8 Å². The number of rotatable bonds is 3. The monoisotopic (exact) mass is 259 g/mol. The number of para-hydroxylation sites is 1. The molecular weight excluding hydrogens is 245 g/mol. The number of benzene rings is 2. The van der Waals surface area contributed by atoms with Crippen LogP contribution in [-0.2, 0) is 0 Å². The summed E-state index contributed by atoms with van der Waals surface area (Å²) in [4.78, 5) is 0. The predicted molar refractivity (Wildman–Crippen MR) is 71.2 cm³/mol. The van der Waals surface area contributed by atoms with Crippen molar-refractivity contribution >= 4 is 5.69 Å². The summed E-state index contributed by atoms with van der Waals surface area (Å²) in [6, 6.07) is 14.0. The summed E-state index contributed by atoms with van der Waals surface area (Å²) in [6.07, 6.45) is -0.130. The van der Waals surface area contributed by atoms with E-state index in [0.29, 0.717) is 18.9 Å². The predicted octanol–water partition coefficient (Wildman–Crippen LogP) is 3.08. The highest BCUT2D eigenvalue weighted by Crippen LogP contribution is 2.29. The van der Waals surface area contributed by atoms with Crippen molar-refractivity contribution in [2.24, 2.45) is 0 Å². The van der Waals surface area contributed by atoms with E-state index in [1.165, 1.54) is 12.1 Å². The smallest absolute Gasteiger partial charge is 0.150 e. The maximum absolute atomic E-state index is 13.1. The summed E-state index contributed by atoms with van der Waals surface area (Å²) in [6.45, 7) is 1.07. The molecule has 2 aromatic rings. The number of halogens is 1. The topological polar surface area (TPSA) is 30.5 Å². The number of hydrogen-bond donors (Lipinski definition) is 1. The van der Waals surface area contributed by atoms with Crippen molar-refractivity contribution in [2.75, 3.05) is 18.5 Å². The third kappa shape index (κ3) is 2.78. The molecule has 0 bridgehead atoms. The Bertz CT molecular complexity index is 559. The van der Waals surface area contributed by atoms with Gasteiger partial charge in [0, 0.05) is 6.07 Å². The zero-order chi connectivity index (χ0) is 13.1. The number of hydrogen-bond acceptors (Lipinski definition) is 3. The largest absolute Gasteiger partial charge is 0.490 e. The minimum Gasteiger partial charge on any atom is -0.490 e. The molecule has 1 atom stereocenters. The average Bonchev–Trinajstić information content (AvgIpc) is 2.46. The quantitative estimate of drug-likeness (QED) is 0.918. The fourth-order valence-corrected chi connectivity index (χ4v) is 1.98. The molecule has 0 spiro atoms. The van der Waals surface area contributed by atoms with Crippen LogP contribution in [0.25, 0.3) is 0 Å². The number of fused-ring (bicyclic) bond motifs is 1. The van der Waals surface area contributed by atoms with Crippen molar-refractivity contribution in [3.63, 3.8) is 0 Å². The molecule has 0 saturated heterocycles. The first-order valence-electron chi connectivity index (χ1n) is 6.19. The van der Waals surface area contributed by atoms with E-state index in [4.69, 9.17) is 9.47 Å². The molecule has 1 unspecified atom stereocenters. The molecule has 0 radical (unpaired) electrons. The molecule has 0 saturated carbocycles. The van der Waals surface area contributed by atoms with E-state index in [-0.39, 0.29) is 11.9 Å².